The Kier molecular flexibility index (Phi) is 5.80. The summed E-state index contributed by atoms with van der Waals surface area (Å²) in [6.07, 6.45) is 2.11. The summed E-state index contributed by atoms with van der Waals surface area (Å²) in [6, 6.07) is 0.372. The molecule has 0 aromatic carbocycles. The van der Waals surface area contributed by atoms with Gasteiger partial charge in [0.05, 0.1) is 0 Å². The van der Waals surface area contributed by atoms with E-state index in [4.69, 9.17) is 0 Å². The standard InChI is InChI=1S/C12H23F3N2S/c1-4-5-10-8-16-11(2,3)9-17(10)6-7-18-12(13,14)15/h10,16H,4-9H2,1-3H3. The molecule has 0 spiro atoms. The van der Waals surface area contributed by atoms with Crippen LogP contribution >= 0.6 is 11.8 Å². The average molecular weight is 284 g/mol. The van der Waals surface area contributed by atoms with Crippen molar-refractivity contribution < 1.29 is 13.2 Å². The molecule has 1 atom stereocenters. The highest BCUT2D eigenvalue weighted by molar-refractivity contribution is 8.00. The molecule has 1 saturated heterocycles. The minimum Gasteiger partial charge on any atom is -0.309 e. The molecule has 0 radical (unpaired) electrons. The zero-order valence-corrected chi connectivity index (χ0v) is 12.1. The number of hydrogen-bond acceptors (Lipinski definition) is 3. The molecule has 0 amide bonds. The van der Waals surface area contributed by atoms with Gasteiger partial charge in [-0.25, -0.2) is 0 Å². The summed E-state index contributed by atoms with van der Waals surface area (Å²) >= 11 is 0.0854. The first-order valence-electron chi connectivity index (χ1n) is 6.43. The highest BCUT2D eigenvalue weighted by Gasteiger charge is 2.33. The maximum Gasteiger partial charge on any atom is 0.441 e. The van der Waals surface area contributed by atoms with E-state index in [1.54, 1.807) is 0 Å². The highest BCUT2D eigenvalue weighted by atomic mass is 32.2. The SMILES string of the molecule is CCCC1CNC(C)(C)CN1CCSC(F)(F)F. The van der Waals surface area contributed by atoms with E-state index >= 15 is 0 Å². The van der Waals surface area contributed by atoms with Crippen molar-refractivity contribution >= 4 is 11.8 Å². The van der Waals surface area contributed by atoms with Crippen LogP contribution in [0, 0.1) is 0 Å². The molecule has 0 aromatic heterocycles. The van der Waals surface area contributed by atoms with Crippen LogP contribution in [0.5, 0.6) is 0 Å². The van der Waals surface area contributed by atoms with Crippen LogP contribution in [-0.2, 0) is 0 Å². The molecule has 2 nitrogen and oxygen atoms in total. The van der Waals surface area contributed by atoms with Gasteiger partial charge in [0.25, 0.3) is 0 Å². The summed E-state index contributed by atoms with van der Waals surface area (Å²) in [5.41, 5.74) is -4.11. The van der Waals surface area contributed by atoms with E-state index in [1.165, 1.54) is 0 Å². The summed E-state index contributed by atoms with van der Waals surface area (Å²) < 4.78 is 36.4. The molecular weight excluding hydrogens is 261 g/mol. The van der Waals surface area contributed by atoms with E-state index in [0.29, 0.717) is 12.6 Å². The van der Waals surface area contributed by atoms with Gasteiger partial charge in [0.15, 0.2) is 0 Å². The number of alkyl halides is 3. The predicted molar refractivity (Wildman–Crippen MR) is 70.9 cm³/mol. The average Bonchev–Trinajstić information content (AvgIpc) is 2.20. The molecule has 1 aliphatic heterocycles. The molecule has 0 saturated carbocycles. The molecule has 1 N–H and O–H groups in total. The van der Waals surface area contributed by atoms with Gasteiger partial charge < -0.3 is 5.32 Å². The van der Waals surface area contributed by atoms with E-state index in [0.717, 1.165) is 25.9 Å². The van der Waals surface area contributed by atoms with E-state index in [2.05, 4.69) is 31.0 Å². The smallest absolute Gasteiger partial charge is 0.309 e. The van der Waals surface area contributed by atoms with Crippen LogP contribution in [-0.4, -0.2) is 47.4 Å². The molecule has 18 heavy (non-hydrogen) atoms. The maximum absolute atomic E-state index is 12.1. The van der Waals surface area contributed by atoms with E-state index in [9.17, 15) is 13.2 Å². The van der Waals surface area contributed by atoms with Gasteiger partial charge in [0.2, 0.25) is 0 Å². The fourth-order valence-corrected chi connectivity index (χ4v) is 2.93. The third-order valence-corrected chi connectivity index (χ3v) is 3.91. The number of rotatable bonds is 5. The zero-order valence-electron chi connectivity index (χ0n) is 11.3. The Balaban J connectivity index is 2.46. The number of halogens is 3. The Morgan fingerprint density at radius 2 is 2.06 bits per heavy atom. The van der Waals surface area contributed by atoms with Crippen molar-refractivity contribution in [3.8, 4) is 0 Å². The number of piperazine rings is 1. The van der Waals surface area contributed by atoms with Gasteiger partial charge in [-0.3, -0.25) is 4.90 Å². The molecule has 1 rings (SSSR count). The van der Waals surface area contributed by atoms with Crippen LogP contribution in [0.2, 0.25) is 0 Å². The second-order valence-corrected chi connectivity index (χ2v) is 6.63. The monoisotopic (exact) mass is 284 g/mol. The second kappa shape index (κ2) is 6.48. The van der Waals surface area contributed by atoms with Crippen molar-refractivity contribution in [2.45, 2.75) is 50.7 Å². The molecule has 1 unspecified atom stereocenters. The molecular formula is C12H23F3N2S. The molecule has 1 aliphatic rings. The number of nitrogens with zero attached hydrogens (tertiary/aromatic N) is 1. The first-order valence-corrected chi connectivity index (χ1v) is 7.42. The Bertz CT molecular complexity index is 256. The van der Waals surface area contributed by atoms with Gasteiger partial charge in [0, 0.05) is 37.0 Å². The Morgan fingerprint density at radius 3 is 2.61 bits per heavy atom. The van der Waals surface area contributed by atoms with Gasteiger partial charge in [-0.15, -0.1) is 0 Å². The lowest BCUT2D eigenvalue weighted by Crippen LogP contribution is -2.61. The predicted octanol–water partition coefficient (Wildman–Crippen LogP) is 3.09. The fraction of sp³-hybridized carbons (Fsp3) is 1.00. The van der Waals surface area contributed by atoms with Gasteiger partial charge in [-0.1, -0.05) is 13.3 Å². The van der Waals surface area contributed by atoms with Gasteiger partial charge in [-0.05, 0) is 32.0 Å². The molecule has 0 aliphatic carbocycles. The molecule has 0 aromatic rings. The van der Waals surface area contributed by atoms with Crippen LogP contribution in [0.3, 0.4) is 0 Å². The second-order valence-electron chi connectivity index (χ2n) is 5.47. The summed E-state index contributed by atoms with van der Waals surface area (Å²) in [4.78, 5) is 2.21. The lowest BCUT2D eigenvalue weighted by molar-refractivity contribution is -0.0330. The van der Waals surface area contributed by atoms with Gasteiger partial charge in [-0.2, -0.15) is 13.2 Å². The molecule has 1 heterocycles. The number of thioether (sulfide) groups is 1. The maximum atomic E-state index is 12.1. The topological polar surface area (TPSA) is 15.3 Å². The Hall–Kier alpha value is 0.0600. The first kappa shape index (κ1) is 16.1. The zero-order chi connectivity index (χ0) is 13.8. The van der Waals surface area contributed by atoms with Crippen LogP contribution < -0.4 is 5.32 Å². The van der Waals surface area contributed by atoms with Gasteiger partial charge >= 0.3 is 5.51 Å². The summed E-state index contributed by atoms with van der Waals surface area (Å²) in [6.45, 7) is 8.51. The van der Waals surface area contributed by atoms with Crippen molar-refractivity contribution in [3.05, 3.63) is 0 Å². The van der Waals surface area contributed by atoms with Crippen LogP contribution in [0.25, 0.3) is 0 Å². The summed E-state index contributed by atoms with van der Waals surface area (Å²) in [7, 11) is 0. The van der Waals surface area contributed by atoms with E-state index in [1.807, 2.05) is 0 Å². The van der Waals surface area contributed by atoms with E-state index < -0.39 is 5.51 Å². The van der Waals surface area contributed by atoms with Crippen molar-refractivity contribution in [1.29, 1.82) is 0 Å². The van der Waals surface area contributed by atoms with Gasteiger partial charge in [0.1, 0.15) is 0 Å². The Labute approximate surface area is 112 Å². The first-order chi connectivity index (χ1) is 8.23. The van der Waals surface area contributed by atoms with Crippen molar-refractivity contribution in [3.63, 3.8) is 0 Å². The molecule has 1 fully saturated rings. The molecule has 0 bridgehead atoms. The number of hydrogen-bond donors (Lipinski definition) is 1. The van der Waals surface area contributed by atoms with Crippen molar-refractivity contribution in [1.82, 2.24) is 10.2 Å². The summed E-state index contributed by atoms with van der Waals surface area (Å²) in [5, 5.41) is 3.46. The minimum absolute atomic E-state index is 0.00680. The largest absolute Gasteiger partial charge is 0.441 e. The highest BCUT2D eigenvalue weighted by Crippen LogP contribution is 2.30. The Morgan fingerprint density at radius 1 is 1.39 bits per heavy atom. The fourth-order valence-electron chi connectivity index (χ4n) is 2.37. The van der Waals surface area contributed by atoms with Crippen LogP contribution in [0.4, 0.5) is 13.2 Å². The normalized spacial score (nSPS) is 25.3. The van der Waals surface area contributed by atoms with Crippen molar-refractivity contribution in [2.75, 3.05) is 25.4 Å². The minimum atomic E-state index is -4.11. The molecule has 108 valence electrons. The lowest BCUT2D eigenvalue weighted by Gasteiger charge is -2.44. The third kappa shape index (κ3) is 5.80. The third-order valence-electron chi connectivity index (χ3n) is 3.20. The van der Waals surface area contributed by atoms with Crippen LogP contribution in [0.1, 0.15) is 33.6 Å². The van der Waals surface area contributed by atoms with Crippen molar-refractivity contribution in [2.24, 2.45) is 0 Å². The van der Waals surface area contributed by atoms with Crippen LogP contribution in [0.15, 0.2) is 0 Å². The summed E-state index contributed by atoms with van der Waals surface area (Å²) in [5.74, 6) is 0.125. The molecule has 6 heteroatoms. The van der Waals surface area contributed by atoms with E-state index in [-0.39, 0.29) is 23.1 Å². The lowest BCUT2D eigenvalue weighted by atomic mass is 9.97. The number of nitrogens with one attached hydrogen (secondary N) is 1. The quantitative estimate of drug-likeness (QED) is 0.835.